The highest BCUT2D eigenvalue weighted by Gasteiger charge is 2.61. The number of carboxylic acid groups (broad SMARTS) is 1. The van der Waals surface area contributed by atoms with Crippen LogP contribution in [0.1, 0.15) is 28.9 Å². The lowest BCUT2D eigenvalue weighted by atomic mass is 9.86. The number of para-hydroxylation sites is 1. The van der Waals surface area contributed by atoms with Crippen LogP contribution in [0.5, 0.6) is 5.75 Å². The smallest absolute Gasteiger partial charge is 0.338 e. The highest BCUT2D eigenvalue weighted by Crippen LogP contribution is 2.46. The van der Waals surface area contributed by atoms with Gasteiger partial charge in [0.05, 0.1) is 29.7 Å². The third-order valence-corrected chi connectivity index (χ3v) is 5.65. The number of phenolic OH excluding ortho intramolecular Hbond substituents is 1. The van der Waals surface area contributed by atoms with Gasteiger partial charge in [-0.3, -0.25) is 19.7 Å². The number of imide groups is 1. The molecule has 2 aromatic rings. The van der Waals surface area contributed by atoms with Crippen LogP contribution >= 0.6 is 0 Å². The van der Waals surface area contributed by atoms with Crippen LogP contribution < -0.4 is 10.2 Å². The maximum atomic E-state index is 13.3. The van der Waals surface area contributed by atoms with Crippen LogP contribution in [0, 0.1) is 11.8 Å². The average molecular weight is 424 g/mol. The number of nitrogens with one attached hydrogen (secondary N) is 1. The second-order valence-corrected chi connectivity index (χ2v) is 7.35. The standard InChI is InChI=1S/C22H20N2O7/c1-2-31-22(30)11-7-9-12(10-8-11)24-19(26)15-16(20(24)27)18(21(28)29)23-17(15)13-5-3-4-6-14(13)25/h3-10,15-18,23,25H,2H2,1H3,(H,28,29). The van der Waals surface area contributed by atoms with Crippen molar-refractivity contribution in [1.82, 2.24) is 5.32 Å². The highest BCUT2D eigenvalue weighted by atomic mass is 16.5. The summed E-state index contributed by atoms with van der Waals surface area (Å²) in [6.45, 7) is 1.89. The zero-order chi connectivity index (χ0) is 22.3. The van der Waals surface area contributed by atoms with E-state index in [-0.39, 0.29) is 23.6 Å². The highest BCUT2D eigenvalue weighted by molar-refractivity contribution is 6.23. The molecule has 0 aromatic heterocycles. The van der Waals surface area contributed by atoms with E-state index in [4.69, 9.17) is 4.74 Å². The van der Waals surface area contributed by atoms with Crippen LogP contribution in [-0.2, 0) is 19.1 Å². The van der Waals surface area contributed by atoms with Gasteiger partial charge in [0.25, 0.3) is 0 Å². The van der Waals surface area contributed by atoms with E-state index >= 15 is 0 Å². The average Bonchev–Trinajstić information content (AvgIpc) is 3.26. The number of aromatic hydroxyl groups is 1. The van der Waals surface area contributed by atoms with Gasteiger partial charge in [-0.25, -0.2) is 9.69 Å². The van der Waals surface area contributed by atoms with Gasteiger partial charge in [0.2, 0.25) is 11.8 Å². The van der Waals surface area contributed by atoms with Crippen molar-refractivity contribution in [2.45, 2.75) is 19.0 Å². The van der Waals surface area contributed by atoms with E-state index in [1.807, 2.05) is 0 Å². The van der Waals surface area contributed by atoms with Crippen LogP contribution in [0.4, 0.5) is 5.69 Å². The van der Waals surface area contributed by atoms with Gasteiger partial charge in [-0.2, -0.15) is 0 Å². The van der Waals surface area contributed by atoms with E-state index in [9.17, 15) is 29.4 Å². The molecular formula is C22H20N2O7. The molecule has 160 valence electrons. The molecule has 0 radical (unpaired) electrons. The molecule has 4 unspecified atom stereocenters. The minimum Gasteiger partial charge on any atom is -0.508 e. The molecule has 4 rings (SSSR count). The van der Waals surface area contributed by atoms with Gasteiger partial charge < -0.3 is 14.9 Å². The van der Waals surface area contributed by atoms with E-state index in [0.717, 1.165) is 4.90 Å². The van der Waals surface area contributed by atoms with Gasteiger partial charge in [0.1, 0.15) is 11.8 Å². The number of carboxylic acids is 1. The van der Waals surface area contributed by atoms with Crippen molar-refractivity contribution in [2.24, 2.45) is 11.8 Å². The van der Waals surface area contributed by atoms with E-state index in [1.165, 1.54) is 30.3 Å². The third-order valence-electron chi connectivity index (χ3n) is 5.65. The summed E-state index contributed by atoms with van der Waals surface area (Å²) in [7, 11) is 0. The molecule has 0 spiro atoms. The Hall–Kier alpha value is -3.72. The summed E-state index contributed by atoms with van der Waals surface area (Å²) in [4.78, 5) is 51.0. The molecule has 3 N–H and O–H groups in total. The maximum absolute atomic E-state index is 13.3. The number of nitrogens with zero attached hydrogens (tertiary/aromatic N) is 1. The molecule has 31 heavy (non-hydrogen) atoms. The Bertz CT molecular complexity index is 1070. The van der Waals surface area contributed by atoms with E-state index in [2.05, 4.69) is 5.32 Å². The van der Waals surface area contributed by atoms with Crippen LogP contribution in [0.2, 0.25) is 0 Å². The second-order valence-electron chi connectivity index (χ2n) is 7.35. The minimum absolute atomic E-state index is 0.0951. The molecule has 2 aliphatic heterocycles. The summed E-state index contributed by atoms with van der Waals surface area (Å²) in [5.41, 5.74) is 0.849. The molecule has 2 amide bonds. The molecule has 2 saturated heterocycles. The zero-order valence-electron chi connectivity index (χ0n) is 16.5. The van der Waals surface area contributed by atoms with E-state index < -0.39 is 47.7 Å². The first-order valence-electron chi connectivity index (χ1n) is 9.77. The number of hydrogen-bond acceptors (Lipinski definition) is 7. The number of fused-ring (bicyclic) bond motifs is 1. The Balaban J connectivity index is 1.70. The predicted octanol–water partition coefficient (Wildman–Crippen LogP) is 1.47. The van der Waals surface area contributed by atoms with Crippen LogP contribution in [-0.4, -0.2) is 46.6 Å². The van der Waals surface area contributed by atoms with E-state index in [0.29, 0.717) is 5.56 Å². The predicted molar refractivity (Wildman–Crippen MR) is 107 cm³/mol. The van der Waals surface area contributed by atoms with Gasteiger partial charge in [0.15, 0.2) is 0 Å². The van der Waals surface area contributed by atoms with Crippen molar-refractivity contribution in [3.63, 3.8) is 0 Å². The number of carbonyl (C=O) groups excluding carboxylic acids is 3. The van der Waals surface area contributed by atoms with Crippen molar-refractivity contribution >= 4 is 29.4 Å². The molecule has 9 nitrogen and oxygen atoms in total. The quantitative estimate of drug-likeness (QED) is 0.485. The summed E-state index contributed by atoms with van der Waals surface area (Å²) in [6, 6.07) is 9.94. The first kappa shape index (κ1) is 20.5. The van der Waals surface area contributed by atoms with Gasteiger partial charge in [-0.15, -0.1) is 0 Å². The summed E-state index contributed by atoms with van der Waals surface area (Å²) in [5, 5.41) is 22.7. The molecular weight excluding hydrogens is 404 g/mol. The normalized spacial score (nSPS) is 24.9. The summed E-state index contributed by atoms with van der Waals surface area (Å²) >= 11 is 0. The van der Waals surface area contributed by atoms with Crippen LogP contribution in [0.15, 0.2) is 48.5 Å². The topological polar surface area (TPSA) is 133 Å². The molecule has 2 fully saturated rings. The van der Waals surface area contributed by atoms with Crippen molar-refractivity contribution in [3.05, 3.63) is 59.7 Å². The number of amides is 2. The largest absolute Gasteiger partial charge is 0.508 e. The monoisotopic (exact) mass is 424 g/mol. The summed E-state index contributed by atoms with van der Waals surface area (Å²) in [5.74, 6) is -5.21. The zero-order valence-corrected chi connectivity index (χ0v) is 16.5. The molecule has 2 aliphatic rings. The van der Waals surface area contributed by atoms with Crippen molar-refractivity contribution in [3.8, 4) is 5.75 Å². The Labute approximate surface area is 177 Å². The van der Waals surface area contributed by atoms with Crippen molar-refractivity contribution < 1.29 is 34.1 Å². The molecule has 0 saturated carbocycles. The molecule has 2 heterocycles. The van der Waals surface area contributed by atoms with Gasteiger partial charge >= 0.3 is 11.9 Å². The number of anilines is 1. The van der Waals surface area contributed by atoms with Crippen molar-refractivity contribution in [1.29, 1.82) is 0 Å². The fourth-order valence-electron chi connectivity index (χ4n) is 4.29. The van der Waals surface area contributed by atoms with Gasteiger partial charge in [-0.1, -0.05) is 18.2 Å². The lowest BCUT2D eigenvalue weighted by Gasteiger charge is -2.22. The van der Waals surface area contributed by atoms with Crippen LogP contribution in [0.25, 0.3) is 0 Å². The fourth-order valence-corrected chi connectivity index (χ4v) is 4.29. The molecule has 9 heteroatoms. The number of rotatable bonds is 5. The number of hydrogen-bond donors (Lipinski definition) is 3. The maximum Gasteiger partial charge on any atom is 0.338 e. The molecule has 4 atom stereocenters. The third kappa shape index (κ3) is 3.32. The Morgan fingerprint density at radius 2 is 1.68 bits per heavy atom. The number of carbonyl (C=O) groups is 4. The van der Waals surface area contributed by atoms with Gasteiger partial charge in [0, 0.05) is 11.6 Å². The van der Waals surface area contributed by atoms with Crippen LogP contribution in [0.3, 0.4) is 0 Å². The number of aliphatic carboxylic acids is 1. The molecule has 2 aromatic carbocycles. The Morgan fingerprint density at radius 1 is 1.03 bits per heavy atom. The fraction of sp³-hybridized carbons (Fsp3) is 0.273. The first-order valence-corrected chi connectivity index (χ1v) is 9.77. The van der Waals surface area contributed by atoms with E-state index in [1.54, 1.807) is 25.1 Å². The summed E-state index contributed by atoms with van der Waals surface area (Å²) < 4.78 is 4.93. The number of phenols is 1. The molecule has 0 aliphatic carbocycles. The number of ether oxygens (including phenoxy) is 1. The number of esters is 1. The summed E-state index contributed by atoms with van der Waals surface area (Å²) in [6.07, 6.45) is 0. The minimum atomic E-state index is -1.28. The van der Waals surface area contributed by atoms with Gasteiger partial charge in [-0.05, 0) is 37.3 Å². The number of benzene rings is 2. The SMILES string of the molecule is CCOC(=O)c1ccc(N2C(=O)C3C(C(=O)O)NC(c4ccccc4O)C3C2=O)cc1. The lowest BCUT2D eigenvalue weighted by molar-refractivity contribution is -0.142. The Morgan fingerprint density at radius 3 is 2.29 bits per heavy atom. The lowest BCUT2D eigenvalue weighted by Crippen LogP contribution is -2.43. The second kappa shape index (κ2) is 7.84. The Kier molecular flexibility index (Phi) is 5.20. The van der Waals surface area contributed by atoms with Crippen molar-refractivity contribution in [2.75, 3.05) is 11.5 Å². The first-order chi connectivity index (χ1) is 14.8. The molecule has 0 bridgehead atoms.